The summed E-state index contributed by atoms with van der Waals surface area (Å²) in [5, 5.41) is 0. The molecule has 1 aromatic carbocycles. The maximum absolute atomic E-state index is 5.80. The van der Waals surface area contributed by atoms with E-state index in [-0.39, 0.29) is 0 Å². The fourth-order valence-corrected chi connectivity index (χ4v) is 2.02. The van der Waals surface area contributed by atoms with Crippen molar-refractivity contribution in [3.05, 3.63) is 29.2 Å². The monoisotopic (exact) mass is 232 g/mol. The van der Waals surface area contributed by atoms with Gasteiger partial charge >= 0.3 is 0 Å². The molecule has 1 unspecified atom stereocenters. The number of hydrogen-bond acceptors (Lipinski definition) is 3. The molecule has 2 rings (SSSR count). The molecule has 0 aliphatic heterocycles. The molecule has 0 amide bonds. The molecular formula is C14H20N2O. The van der Waals surface area contributed by atoms with Gasteiger partial charge in [0.25, 0.3) is 0 Å². The highest BCUT2D eigenvalue weighted by atomic mass is 16.3. The van der Waals surface area contributed by atoms with E-state index in [4.69, 9.17) is 10.2 Å². The molecule has 0 saturated heterocycles. The number of rotatable bonds is 4. The molecule has 0 saturated carbocycles. The molecule has 0 bridgehead atoms. The van der Waals surface area contributed by atoms with Gasteiger partial charge in [0.05, 0.1) is 0 Å². The lowest BCUT2D eigenvalue weighted by atomic mass is 10.1. The quantitative estimate of drug-likeness (QED) is 0.881. The molecule has 0 aliphatic rings. The number of benzene rings is 1. The molecule has 0 aliphatic carbocycles. The van der Waals surface area contributed by atoms with Gasteiger partial charge in [-0.15, -0.1) is 0 Å². The van der Waals surface area contributed by atoms with Crippen LogP contribution < -0.4 is 5.73 Å². The van der Waals surface area contributed by atoms with Crippen molar-refractivity contribution >= 4 is 11.1 Å². The molecule has 1 heterocycles. The van der Waals surface area contributed by atoms with Crippen LogP contribution in [0.5, 0.6) is 0 Å². The zero-order valence-electron chi connectivity index (χ0n) is 10.8. The van der Waals surface area contributed by atoms with Gasteiger partial charge in [0.1, 0.15) is 5.52 Å². The van der Waals surface area contributed by atoms with Crippen molar-refractivity contribution in [2.45, 2.75) is 33.6 Å². The van der Waals surface area contributed by atoms with Crippen molar-refractivity contribution in [2.75, 3.05) is 6.54 Å². The minimum absolute atomic E-state index is 0.521. The molecule has 2 aromatic rings. The Labute approximate surface area is 102 Å². The fourth-order valence-electron chi connectivity index (χ4n) is 2.02. The van der Waals surface area contributed by atoms with E-state index in [1.165, 1.54) is 5.56 Å². The molecule has 0 spiro atoms. The van der Waals surface area contributed by atoms with Crippen LogP contribution in [0.3, 0.4) is 0 Å². The third kappa shape index (κ3) is 2.67. The van der Waals surface area contributed by atoms with Crippen LogP contribution in [0, 0.1) is 19.8 Å². The van der Waals surface area contributed by atoms with Gasteiger partial charge in [-0.2, -0.15) is 0 Å². The van der Waals surface area contributed by atoms with Crippen LogP contribution in [0.15, 0.2) is 16.5 Å². The molecule has 0 fully saturated rings. The molecule has 17 heavy (non-hydrogen) atoms. The molecule has 2 N–H and O–H groups in total. The van der Waals surface area contributed by atoms with Crippen molar-refractivity contribution in [1.82, 2.24) is 4.98 Å². The second-order valence-corrected chi connectivity index (χ2v) is 4.92. The number of aromatic nitrogens is 1. The van der Waals surface area contributed by atoms with Crippen LogP contribution in [0.2, 0.25) is 0 Å². The summed E-state index contributed by atoms with van der Waals surface area (Å²) in [7, 11) is 0. The maximum atomic E-state index is 5.80. The summed E-state index contributed by atoms with van der Waals surface area (Å²) < 4.78 is 5.80. The minimum Gasteiger partial charge on any atom is -0.440 e. The highest BCUT2D eigenvalue weighted by Gasteiger charge is 2.09. The van der Waals surface area contributed by atoms with E-state index in [1.807, 2.05) is 0 Å². The zero-order valence-corrected chi connectivity index (χ0v) is 10.8. The normalized spacial score (nSPS) is 13.2. The van der Waals surface area contributed by atoms with E-state index in [0.717, 1.165) is 41.9 Å². The number of oxazole rings is 1. The lowest BCUT2D eigenvalue weighted by Gasteiger charge is -2.04. The Balaban J connectivity index is 2.23. The van der Waals surface area contributed by atoms with Crippen molar-refractivity contribution in [1.29, 1.82) is 0 Å². The van der Waals surface area contributed by atoms with E-state index in [0.29, 0.717) is 5.92 Å². The first-order chi connectivity index (χ1) is 8.10. The second kappa shape index (κ2) is 4.88. The van der Waals surface area contributed by atoms with E-state index in [2.05, 4.69) is 37.9 Å². The Morgan fingerprint density at radius 2 is 2.12 bits per heavy atom. The second-order valence-electron chi connectivity index (χ2n) is 4.92. The Bertz CT molecular complexity index is 516. The smallest absolute Gasteiger partial charge is 0.195 e. The van der Waals surface area contributed by atoms with Crippen LogP contribution in [0.1, 0.15) is 30.4 Å². The summed E-state index contributed by atoms with van der Waals surface area (Å²) in [5.41, 5.74) is 9.88. The largest absolute Gasteiger partial charge is 0.440 e. The lowest BCUT2D eigenvalue weighted by Crippen LogP contribution is -2.11. The molecule has 1 atom stereocenters. The predicted molar refractivity (Wildman–Crippen MR) is 70.0 cm³/mol. The summed E-state index contributed by atoms with van der Waals surface area (Å²) in [4.78, 5) is 4.53. The van der Waals surface area contributed by atoms with Gasteiger partial charge in [-0.25, -0.2) is 4.98 Å². The van der Waals surface area contributed by atoms with Crippen molar-refractivity contribution in [2.24, 2.45) is 11.7 Å². The van der Waals surface area contributed by atoms with Crippen LogP contribution in [-0.4, -0.2) is 11.5 Å². The number of fused-ring (bicyclic) bond motifs is 1. The molecule has 1 aromatic heterocycles. The first-order valence-corrected chi connectivity index (χ1v) is 6.17. The standard InChI is InChI=1S/C14H20N2O/c1-9(8-15)4-5-13-16-12-7-10(2)6-11(3)14(12)17-13/h6-7,9H,4-5,8,15H2,1-3H3. The van der Waals surface area contributed by atoms with Crippen LogP contribution in [-0.2, 0) is 6.42 Å². The maximum Gasteiger partial charge on any atom is 0.195 e. The highest BCUT2D eigenvalue weighted by Crippen LogP contribution is 2.22. The van der Waals surface area contributed by atoms with Crippen molar-refractivity contribution < 1.29 is 4.42 Å². The number of aryl methyl sites for hydroxylation is 3. The first-order valence-electron chi connectivity index (χ1n) is 6.17. The summed E-state index contributed by atoms with van der Waals surface area (Å²) in [6.45, 7) is 7.01. The fraction of sp³-hybridized carbons (Fsp3) is 0.500. The summed E-state index contributed by atoms with van der Waals surface area (Å²) in [6, 6.07) is 4.20. The predicted octanol–water partition coefficient (Wildman–Crippen LogP) is 2.97. The third-order valence-corrected chi connectivity index (χ3v) is 3.12. The van der Waals surface area contributed by atoms with Crippen LogP contribution in [0.4, 0.5) is 0 Å². The van der Waals surface area contributed by atoms with Crippen molar-refractivity contribution in [3.63, 3.8) is 0 Å². The van der Waals surface area contributed by atoms with Gasteiger partial charge in [0, 0.05) is 6.42 Å². The number of nitrogens with zero attached hydrogens (tertiary/aromatic N) is 1. The van der Waals surface area contributed by atoms with E-state index < -0.39 is 0 Å². The van der Waals surface area contributed by atoms with E-state index in [1.54, 1.807) is 0 Å². The Morgan fingerprint density at radius 3 is 2.82 bits per heavy atom. The van der Waals surface area contributed by atoms with Crippen molar-refractivity contribution in [3.8, 4) is 0 Å². The SMILES string of the molecule is Cc1cc(C)c2oc(CCC(C)CN)nc2c1. The third-order valence-electron chi connectivity index (χ3n) is 3.12. The number of hydrogen-bond donors (Lipinski definition) is 1. The van der Waals surface area contributed by atoms with Gasteiger partial charge in [-0.3, -0.25) is 0 Å². The van der Waals surface area contributed by atoms with Crippen LogP contribution in [0.25, 0.3) is 11.1 Å². The molecule has 3 heteroatoms. The first kappa shape index (κ1) is 12.1. The molecule has 0 radical (unpaired) electrons. The van der Waals surface area contributed by atoms with E-state index in [9.17, 15) is 0 Å². The topological polar surface area (TPSA) is 52.0 Å². The summed E-state index contributed by atoms with van der Waals surface area (Å²) in [5.74, 6) is 1.35. The zero-order chi connectivity index (χ0) is 12.4. The Kier molecular flexibility index (Phi) is 3.48. The van der Waals surface area contributed by atoms with Gasteiger partial charge < -0.3 is 10.2 Å². The molecule has 3 nitrogen and oxygen atoms in total. The number of nitrogens with two attached hydrogens (primary N) is 1. The van der Waals surface area contributed by atoms with Gasteiger partial charge in [-0.05, 0) is 49.9 Å². The highest BCUT2D eigenvalue weighted by molar-refractivity contribution is 5.77. The Hall–Kier alpha value is -1.35. The van der Waals surface area contributed by atoms with Gasteiger partial charge in [-0.1, -0.05) is 13.0 Å². The van der Waals surface area contributed by atoms with Gasteiger partial charge in [0.2, 0.25) is 0 Å². The minimum atomic E-state index is 0.521. The average Bonchev–Trinajstić information content (AvgIpc) is 2.69. The van der Waals surface area contributed by atoms with E-state index >= 15 is 0 Å². The summed E-state index contributed by atoms with van der Waals surface area (Å²) >= 11 is 0. The lowest BCUT2D eigenvalue weighted by molar-refractivity contribution is 0.470. The molecular weight excluding hydrogens is 212 g/mol. The Morgan fingerprint density at radius 1 is 1.35 bits per heavy atom. The average molecular weight is 232 g/mol. The van der Waals surface area contributed by atoms with Gasteiger partial charge in [0.15, 0.2) is 11.5 Å². The van der Waals surface area contributed by atoms with Crippen LogP contribution >= 0.6 is 0 Å². The molecule has 92 valence electrons. The summed E-state index contributed by atoms with van der Waals surface area (Å²) in [6.07, 6.45) is 1.90.